The molecule has 10 nitrogen and oxygen atoms in total. The summed E-state index contributed by atoms with van der Waals surface area (Å²) in [7, 11) is 0. The second-order valence-corrected chi connectivity index (χ2v) is 7.18. The van der Waals surface area contributed by atoms with Gasteiger partial charge in [0.1, 0.15) is 5.82 Å². The number of benzene rings is 2. The van der Waals surface area contributed by atoms with Crippen molar-refractivity contribution in [2.45, 2.75) is 19.3 Å². The van der Waals surface area contributed by atoms with E-state index in [2.05, 4.69) is 35.7 Å². The van der Waals surface area contributed by atoms with Crippen LogP contribution in [0.15, 0.2) is 53.6 Å². The van der Waals surface area contributed by atoms with Gasteiger partial charge >= 0.3 is 0 Å². The van der Waals surface area contributed by atoms with E-state index >= 15 is 0 Å². The van der Waals surface area contributed by atoms with Gasteiger partial charge in [-0.2, -0.15) is 20.1 Å². The summed E-state index contributed by atoms with van der Waals surface area (Å²) in [6.07, 6.45) is 4.81. The maximum Gasteiger partial charge on any atom is 0.269 e. The number of nitro benzene ring substituents is 1. The summed E-state index contributed by atoms with van der Waals surface area (Å²) in [5, 5.41) is 18.0. The molecule has 0 bridgehead atoms. The zero-order chi connectivity index (χ0) is 22.3. The second kappa shape index (κ2) is 9.77. The number of nitrogens with zero attached hydrogens (tertiary/aromatic N) is 6. The Morgan fingerprint density at radius 3 is 2.34 bits per heavy atom. The molecule has 0 aliphatic carbocycles. The zero-order valence-electron chi connectivity index (χ0n) is 17.1. The molecule has 1 aromatic heterocycles. The van der Waals surface area contributed by atoms with Gasteiger partial charge in [-0.3, -0.25) is 10.1 Å². The molecule has 0 atom stereocenters. The zero-order valence-corrected chi connectivity index (χ0v) is 17.1. The molecular weight excluding hydrogens is 415 g/mol. The quantitative estimate of drug-likeness (QED) is 0.323. The Labute approximate surface area is 183 Å². The third kappa shape index (κ3) is 5.50. The van der Waals surface area contributed by atoms with Crippen LogP contribution >= 0.6 is 0 Å². The minimum Gasteiger partial charge on any atom is -0.341 e. The van der Waals surface area contributed by atoms with Crippen LogP contribution < -0.4 is 15.6 Å². The first-order chi connectivity index (χ1) is 15.6. The number of non-ortho nitro benzene ring substituents is 1. The molecule has 4 rings (SSSR count). The Kier molecular flexibility index (Phi) is 6.44. The van der Waals surface area contributed by atoms with Gasteiger partial charge in [0.25, 0.3) is 5.69 Å². The highest BCUT2D eigenvalue weighted by molar-refractivity contribution is 5.80. The number of hydrogen-bond acceptors (Lipinski definition) is 9. The normalized spacial score (nSPS) is 13.8. The minimum atomic E-state index is -0.457. The van der Waals surface area contributed by atoms with Crippen LogP contribution in [0.5, 0.6) is 0 Å². The van der Waals surface area contributed by atoms with Gasteiger partial charge in [-0.15, -0.1) is 0 Å². The van der Waals surface area contributed by atoms with E-state index in [9.17, 15) is 14.5 Å². The number of halogens is 1. The molecule has 0 saturated carbocycles. The SMILES string of the molecule is O=[N+]([O-])c1ccc(/C=N/Nc2nc(Nc3ccc(F)cc3)nc(N3CCCCC3)n2)cc1. The van der Waals surface area contributed by atoms with E-state index < -0.39 is 4.92 Å². The standard InChI is InChI=1S/C21H21FN8O2/c22-16-6-8-17(9-7-16)24-19-25-20(27-21(26-19)29-12-2-1-3-13-29)28-23-14-15-4-10-18(11-5-15)30(31)32/h4-11,14H,1-3,12-13H2,(H2,24,25,26,27,28)/b23-14+. The van der Waals surface area contributed by atoms with Gasteiger partial charge in [0.2, 0.25) is 17.8 Å². The maximum absolute atomic E-state index is 13.2. The van der Waals surface area contributed by atoms with Crippen LogP contribution in [-0.4, -0.2) is 39.2 Å². The van der Waals surface area contributed by atoms with Crippen molar-refractivity contribution in [1.82, 2.24) is 15.0 Å². The van der Waals surface area contributed by atoms with Crippen LogP contribution in [-0.2, 0) is 0 Å². The number of hydrogen-bond donors (Lipinski definition) is 2. The Hall–Kier alpha value is -4.15. The van der Waals surface area contributed by atoms with Crippen molar-refractivity contribution in [1.29, 1.82) is 0 Å². The van der Waals surface area contributed by atoms with Gasteiger partial charge < -0.3 is 10.2 Å². The number of aromatic nitrogens is 3. The van der Waals surface area contributed by atoms with Gasteiger partial charge in [-0.25, -0.2) is 9.82 Å². The minimum absolute atomic E-state index is 0.00950. The molecule has 1 aliphatic heterocycles. The van der Waals surface area contributed by atoms with Crippen LogP contribution in [0.25, 0.3) is 0 Å². The summed E-state index contributed by atoms with van der Waals surface area (Å²) in [5.74, 6) is 0.740. The Balaban J connectivity index is 1.53. The molecule has 164 valence electrons. The van der Waals surface area contributed by atoms with Crippen molar-refractivity contribution in [2.24, 2.45) is 5.10 Å². The van der Waals surface area contributed by atoms with E-state index in [4.69, 9.17) is 0 Å². The third-order valence-electron chi connectivity index (χ3n) is 4.84. The number of nitro groups is 1. The number of anilines is 4. The summed E-state index contributed by atoms with van der Waals surface area (Å²) in [4.78, 5) is 25.7. The van der Waals surface area contributed by atoms with Gasteiger partial charge in [0.15, 0.2) is 0 Å². The molecule has 1 fully saturated rings. The summed E-state index contributed by atoms with van der Waals surface area (Å²) in [6.45, 7) is 1.71. The molecule has 2 aromatic carbocycles. The summed E-state index contributed by atoms with van der Waals surface area (Å²) >= 11 is 0. The fourth-order valence-corrected chi connectivity index (χ4v) is 3.21. The molecular formula is C21H21FN8O2. The van der Waals surface area contributed by atoms with Gasteiger partial charge in [-0.1, -0.05) is 0 Å². The predicted molar refractivity (Wildman–Crippen MR) is 120 cm³/mol. The lowest BCUT2D eigenvalue weighted by Crippen LogP contribution is -2.31. The van der Waals surface area contributed by atoms with Crippen molar-refractivity contribution < 1.29 is 9.31 Å². The number of nitrogens with one attached hydrogen (secondary N) is 2. The third-order valence-corrected chi connectivity index (χ3v) is 4.84. The number of piperidine rings is 1. The molecule has 3 aromatic rings. The van der Waals surface area contributed by atoms with Crippen molar-refractivity contribution in [3.05, 3.63) is 70.0 Å². The van der Waals surface area contributed by atoms with Gasteiger partial charge in [0, 0.05) is 30.9 Å². The molecule has 0 spiro atoms. The van der Waals surface area contributed by atoms with E-state index in [-0.39, 0.29) is 17.5 Å². The van der Waals surface area contributed by atoms with E-state index in [1.807, 2.05) is 0 Å². The van der Waals surface area contributed by atoms with Gasteiger partial charge in [-0.05, 0) is 61.2 Å². The highest BCUT2D eigenvalue weighted by Crippen LogP contribution is 2.21. The summed E-state index contributed by atoms with van der Waals surface area (Å²) in [5.41, 5.74) is 4.12. The van der Waals surface area contributed by atoms with Crippen LogP contribution in [0.3, 0.4) is 0 Å². The highest BCUT2D eigenvalue weighted by atomic mass is 19.1. The molecule has 2 heterocycles. The molecule has 0 radical (unpaired) electrons. The first-order valence-corrected chi connectivity index (χ1v) is 10.1. The van der Waals surface area contributed by atoms with E-state index in [0.29, 0.717) is 23.1 Å². The van der Waals surface area contributed by atoms with Crippen LogP contribution in [0, 0.1) is 15.9 Å². The number of rotatable bonds is 7. The average Bonchev–Trinajstić information content (AvgIpc) is 2.81. The Morgan fingerprint density at radius 1 is 0.969 bits per heavy atom. The molecule has 0 amide bonds. The molecule has 2 N–H and O–H groups in total. The topological polar surface area (TPSA) is 121 Å². The van der Waals surface area contributed by atoms with Crippen molar-refractivity contribution in [3.63, 3.8) is 0 Å². The summed E-state index contributed by atoms with van der Waals surface area (Å²) < 4.78 is 13.2. The monoisotopic (exact) mass is 436 g/mol. The second-order valence-electron chi connectivity index (χ2n) is 7.18. The average molecular weight is 436 g/mol. The molecule has 11 heteroatoms. The largest absolute Gasteiger partial charge is 0.341 e. The lowest BCUT2D eigenvalue weighted by molar-refractivity contribution is -0.384. The van der Waals surface area contributed by atoms with Crippen LogP contribution in [0.1, 0.15) is 24.8 Å². The highest BCUT2D eigenvalue weighted by Gasteiger charge is 2.16. The first kappa shape index (κ1) is 21.1. The van der Waals surface area contributed by atoms with E-state index in [0.717, 1.165) is 25.9 Å². The van der Waals surface area contributed by atoms with E-state index in [1.165, 1.54) is 36.9 Å². The molecule has 1 saturated heterocycles. The predicted octanol–water partition coefficient (Wildman–Crippen LogP) is 4.10. The van der Waals surface area contributed by atoms with Crippen LogP contribution in [0.4, 0.5) is 33.6 Å². The maximum atomic E-state index is 13.2. The smallest absolute Gasteiger partial charge is 0.269 e. The van der Waals surface area contributed by atoms with Crippen molar-refractivity contribution in [2.75, 3.05) is 28.7 Å². The Bertz CT molecular complexity index is 1100. The van der Waals surface area contributed by atoms with Crippen molar-refractivity contribution >= 4 is 35.4 Å². The lowest BCUT2D eigenvalue weighted by atomic mass is 10.1. The number of hydrazone groups is 1. The lowest BCUT2D eigenvalue weighted by Gasteiger charge is -2.26. The molecule has 32 heavy (non-hydrogen) atoms. The van der Waals surface area contributed by atoms with Gasteiger partial charge in [0.05, 0.1) is 11.1 Å². The van der Waals surface area contributed by atoms with E-state index in [1.54, 1.807) is 24.3 Å². The van der Waals surface area contributed by atoms with Crippen LogP contribution in [0.2, 0.25) is 0 Å². The molecule has 1 aliphatic rings. The Morgan fingerprint density at radius 2 is 1.66 bits per heavy atom. The summed E-state index contributed by atoms with van der Waals surface area (Å²) in [6, 6.07) is 11.9. The molecule has 0 unspecified atom stereocenters. The fourth-order valence-electron chi connectivity index (χ4n) is 3.21. The van der Waals surface area contributed by atoms with Crippen molar-refractivity contribution in [3.8, 4) is 0 Å². The first-order valence-electron chi connectivity index (χ1n) is 10.1. The fraction of sp³-hybridized carbons (Fsp3) is 0.238.